The van der Waals surface area contributed by atoms with Gasteiger partial charge in [-0.1, -0.05) is 18.7 Å². The van der Waals surface area contributed by atoms with Gasteiger partial charge in [-0.3, -0.25) is 4.68 Å². The molecule has 0 fully saturated rings. The summed E-state index contributed by atoms with van der Waals surface area (Å²) in [5.41, 5.74) is 1.01. The van der Waals surface area contributed by atoms with Crippen LogP contribution in [0.5, 0.6) is 0 Å². The minimum atomic E-state index is 0.827. The summed E-state index contributed by atoms with van der Waals surface area (Å²) in [6.45, 7) is 4.04. The van der Waals surface area contributed by atoms with Gasteiger partial charge in [0.25, 0.3) is 0 Å². The van der Waals surface area contributed by atoms with E-state index in [1.807, 2.05) is 31.8 Å². The number of nitrogens with one attached hydrogen (secondary N) is 1. The first-order valence-electron chi connectivity index (χ1n) is 5.86. The SMILES string of the molecule is CCc1nc(NC)cc(Sc2cc(C)nn2C)n1. The first-order chi connectivity index (χ1) is 8.62. The Bertz CT molecular complexity index is 527. The van der Waals surface area contributed by atoms with Crippen molar-refractivity contribution in [3.05, 3.63) is 23.7 Å². The predicted octanol–water partition coefficient (Wildman–Crippen LogP) is 2.27. The highest BCUT2D eigenvalue weighted by Crippen LogP contribution is 2.27. The van der Waals surface area contributed by atoms with E-state index < -0.39 is 0 Å². The van der Waals surface area contributed by atoms with Crippen LogP contribution in [0.4, 0.5) is 5.82 Å². The molecule has 0 amide bonds. The molecule has 2 heterocycles. The zero-order valence-corrected chi connectivity index (χ0v) is 11.9. The molecule has 0 spiro atoms. The van der Waals surface area contributed by atoms with Gasteiger partial charge in [-0.05, 0) is 13.0 Å². The van der Waals surface area contributed by atoms with Gasteiger partial charge in [0.05, 0.1) is 5.69 Å². The van der Waals surface area contributed by atoms with E-state index in [9.17, 15) is 0 Å². The Hall–Kier alpha value is -1.56. The second-order valence-corrected chi connectivity index (χ2v) is 5.00. The predicted molar refractivity (Wildman–Crippen MR) is 73.0 cm³/mol. The third kappa shape index (κ3) is 2.81. The van der Waals surface area contributed by atoms with Crippen LogP contribution in [-0.4, -0.2) is 26.8 Å². The number of rotatable bonds is 4. The number of nitrogens with zero attached hydrogens (tertiary/aromatic N) is 4. The van der Waals surface area contributed by atoms with E-state index in [0.717, 1.165) is 33.8 Å². The van der Waals surface area contributed by atoms with Crippen molar-refractivity contribution in [3.8, 4) is 0 Å². The third-order valence-electron chi connectivity index (χ3n) is 2.49. The number of hydrogen-bond acceptors (Lipinski definition) is 5. The summed E-state index contributed by atoms with van der Waals surface area (Å²) in [5, 5.41) is 9.41. The van der Waals surface area contributed by atoms with E-state index in [-0.39, 0.29) is 0 Å². The fraction of sp³-hybridized carbons (Fsp3) is 0.417. The summed E-state index contributed by atoms with van der Waals surface area (Å²) < 4.78 is 1.87. The molecule has 1 N–H and O–H groups in total. The Morgan fingerprint density at radius 1 is 1.33 bits per heavy atom. The normalized spacial score (nSPS) is 10.7. The molecule has 0 atom stereocenters. The maximum Gasteiger partial charge on any atom is 0.131 e. The van der Waals surface area contributed by atoms with Crippen LogP contribution in [0.25, 0.3) is 0 Å². The van der Waals surface area contributed by atoms with Crippen LogP contribution in [-0.2, 0) is 13.5 Å². The van der Waals surface area contributed by atoms with Crippen molar-refractivity contribution in [3.63, 3.8) is 0 Å². The maximum absolute atomic E-state index is 4.52. The van der Waals surface area contributed by atoms with Gasteiger partial charge in [0.15, 0.2) is 0 Å². The lowest BCUT2D eigenvalue weighted by atomic mass is 10.4. The van der Waals surface area contributed by atoms with E-state index in [2.05, 4.69) is 33.4 Å². The van der Waals surface area contributed by atoms with Gasteiger partial charge in [0, 0.05) is 26.6 Å². The Morgan fingerprint density at radius 3 is 2.67 bits per heavy atom. The largest absolute Gasteiger partial charge is 0.373 e. The van der Waals surface area contributed by atoms with Crippen LogP contribution in [0, 0.1) is 6.92 Å². The summed E-state index contributed by atoms with van der Waals surface area (Å²) in [4.78, 5) is 8.90. The molecule has 0 aliphatic rings. The van der Waals surface area contributed by atoms with Crippen LogP contribution in [0.2, 0.25) is 0 Å². The van der Waals surface area contributed by atoms with E-state index >= 15 is 0 Å². The molecule has 96 valence electrons. The number of aryl methyl sites for hydroxylation is 3. The molecule has 2 aromatic rings. The molecule has 2 aromatic heterocycles. The molecule has 0 bridgehead atoms. The Balaban J connectivity index is 2.30. The molecule has 0 unspecified atom stereocenters. The molecule has 0 radical (unpaired) electrons. The lowest BCUT2D eigenvalue weighted by Gasteiger charge is -2.06. The number of hydrogen-bond donors (Lipinski definition) is 1. The number of anilines is 1. The van der Waals surface area contributed by atoms with Crippen molar-refractivity contribution in [2.24, 2.45) is 7.05 Å². The summed E-state index contributed by atoms with van der Waals surface area (Å²) in [5.74, 6) is 1.70. The average Bonchev–Trinajstić information content (AvgIpc) is 2.67. The first-order valence-corrected chi connectivity index (χ1v) is 6.68. The Kier molecular flexibility index (Phi) is 3.86. The van der Waals surface area contributed by atoms with Crippen LogP contribution < -0.4 is 5.32 Å². The van der Waals surface area contributed by atoms with Gasteiger partial charge < -0.3 is 5.32 Å². The summed E-state index contributed by atoms with van der Waals surface area (Å²) >= 11 is 1.60. The molecule has 0 aromatic carbocycles. The first kappa shape index (κ1) is 12.9. The van der Waals surface area contributed by atoms with Crippen LogP contribution in [0.15, 0.2) is 22.2 Å². The van der Waals surface area contributed by atoms with Crippen molar-refractivity contribution in [1.82, 2.24) is 19.7 Å². The summed E-state index contributed by atoms with van der Waals surface area (Å²) in [7, 11) is 3.81. The second-order valence-electron chi connectivity index (χ2n) is 3.96. The molecule has 18 heavy (non-hydrogen) atoms. The molecule has 2 rings (SSSR count). The van der Waals surface area contributed by atoms with Gasteiger partial charge >= 0.3 is 0 Å². The lowest BCUT2D eigenvalue weighted by molar-refractivity contribution is 0.691. The minimum Gasteiger partial charge on any atom is -0.373 e. The van der Waals surface area contributed by atoms with E-state index in [1.165, 1.54) is 0 Å². The highest BCUT2D eigenvalue weighted by Gasteiger charge is 2.08. The Morgan fingerprint density at radius 2 is 2.11 bits per heavy atom. The van der Waals surface area contributed by atoms with Crippen molar-refractivity contribution >= 4 is 17.6 Å². The smallest absolute Gasteiger partial charge is 0.131 e. The van der Waals surface area contributed by atoms with Crippen LogP contribution in [0.1, 0.15) is 18.4 Å². The van der Waals surface area contributed by atoms with Crippen LogP contribution >= 0.6 is 11.8 Å². The zero-order valence-electron chi connectivity index (χ0n) is 11.1. The van der Waals surface area contributed by atoms with E-state index in [4.69, 9.17) is 0 Å². The van der Waals surface area contributed by atoms with E-state index in [0.29, 0.717) is 0 Å². The summed E-state index contributed by atoms with van der Waals surface area (Å²) in [6, 6.07) is 4.00. The van der Waals surface area contributed by atoms with Gasteiger partial charge in [0.1, 0.15) is 21.7 Å². The standard InChI is InChI=1S/C12H17N5S/c1-5-9-14-10(13-3)7-11(15-9)18-12-6-8(2)16-17(12)4/h6-7H,5H2,1-4H3,(H,13,14,15). The fourth-order valence-electron chi connectivity index (χ4n) is 1.60. The van der Waals surface area contributed by atoms with Gasteiger partial charge in [-0.2, -0.15) is 5.10 Å². The highest BCUT2D eigenvalue weighted by molar-refractivity contribution is 7.99. The molecule has 0 saturated heterocycles. The second kappa shape index (κ2) is 5.39. The number of aromatic nitrogens is 4. The molecule has 0 saturated carbocycles. The molecule has 6 heteroatoms. The van der Waals surface area contributed by atoms with Gasteiger partial charge in [-0.15, -0.1) is 0 Å². The molecule has 5 nitrogen and oxygen atoms in total. The monoisotopic (exact) mass is 263 g/mol. The highest BCUT2D eigenvalue weighted by atomic mass is 32.2. The van der Waals surface area contributed by atoms with Crippen molar-refractivity contribution in [2.45, 2.75) is 30.3 Å². The Labute approximate surface area is 111 Å². The average molecular weight is 263 g/mol. The van der Waals surface area contributed by atoms with E-state index in [1.54, 1.807) is 11.8 Å². The third-order valence-corrected chi connectivity index (χ3v) is 3.50. The summed E-state index contributed by atoms with van der Waals surface area (Å²) in [6.07, 6.45) is 0.827. The fourth-order valence-corrected chi connectivity index (χ4v) is 2.54. The van der Waals surface area contributed by atoms with Crippen molar-refractivity contribution < 1.29 is 0 Å². The lowest BCUT2D eigenvalue weighted by Crippen LogP contribution is -2.00. The molecule has 0 aliphatic heterocycles. The molecular formula is C12H17N5S. The quantitative estimate of drug-likeness (QED) is 0.858. The van der Waals surface area contributed by atoms with Crippen LogP contribution in [0.3, 0.4) is 0 Å². The topological polar surface area (TPSA) is 55.6 Å². The van der Waals surface area contributed by atoms with Gasteiger partial charge in [0.2, 0.25) is 0 Å². The van der Waals surface area contributed by atoms with Crippen molar-refractivity contribution in [1.29, 1.82) is 0 Å². The van der Waals surface area contributed by atoms with Gasteiger partial charge in [-0.25, -0.2) is 9.97 Å². The van der Waals surface area contributed by atoms with Crippen molar-refractivity contribution in [2.75, 3.05) is 12.4 Å². The zero-order chi connectivity index (χ0) is 13.1. The maximum atomic E-state index is 4.52. The molecule has 0 aliphatic carbocycles. The molecular weight excluding hydrogens is 246 g/mol. The minimum absolute atomic E-state index is 0.827.